The van der Waals surface area contributed by atoms with Crippen LogP contribution in [0.25, 0.3) is 0 Å². The van der Waals surface area contributed by atoms with Gasteiger partial charge in [0.1, 0.15) is 0 Å². The quantitative estimate of drug-likeness (QED) is 0.892. The summed E-state index contributed by atoms with van der Waals surface area (Å²) in [6.07, 6.45) is 2.12. The van der Waals surface area contributed by atoms with Crippen LogP contribution in [-0.4, -0.2) is 4.57 Å². The Morgan fingerprint density at radius 2 is 1.88 bits per heavy atom. The van der Waals surface area contributed by atoms with Gasteiger partial charge in [-0.1, -0.05) is 28.1 Å². The van der Waals surface area contributed by atoms with Gasteiger partial charge >= 0.3 is 0 Å². The van der Waals surface area contributed by atoms with E-state index in [0.717, 1.165) is 24.1 Å². The normalized spacial score (nSPS) is 10.7. The van der Waals surface area contributed by atoms with E-state index in [4.69, 9.17) is 0 Å². The molecule has 17 heavy (non-hydrogen) atoms. The van der Waals surface area contributed by atoms with Gasteiger partial charge in [0.2, 0.25) is 0 Å². The molecule has 0 aliphatic rings. The van der Waals surface area contributed by atoms with Crippen LogP contribution in [0.5, 0.6) is 0 Å². The summed E-state index contributed by atoms with van der Waals surface area (Å²) in [5.41, 5.74) is 2.65. The smallest absolute Gasteiger partial charge is 0.0362 e. The van der Waals surface area contributed by atoms with Crippen molar-refractivity contribution < 1.29 is 0 Å². The zero-order valence-corrected chi connectivity index (χ0v) is 11.6. The maximum Gasteiger partial charge on any atom is 0.0362 e. The molecule has 0 unspecified atom stereocenters. The summed E-state index contributed by atoms with van der Waals surface area (Å²) < 4.78 is 3.38. The second-order valence-electron chi connectivity index (χ2n) is 4.02. The molecule has 0 aliphatic carbocycles. The largest absolute Gasteiger partial charge is 0.351 e. The van der Waals surface area contributed by atoms with Gasteiger partial charge in [0.15, 0.2) is 0 Å². The Morgan fingerprint density at radius 1 is 1.12 bits per heavy atom. The molecule has 0 saturated carbocycles. The average Bonchev–Trinajstić information content (AvgIpc) is 2.79. The van der Waals surface area contributed by atoms with Crippen molar-refractivity contribution in [3.05, 3.63) is 58.3 Å². The van der Waals surface area contributed by atoms with Crippen molar-refractivity contribution in [2.24, 2.45) is 0 Å². The monoisotopic (exact) mass is 292 g/mol. The van der Waals surface area contributed by atoms with Gasteiger partial charge in [-0.2, -0.15) is 0 Å². The molecule has 1 aromatic carbocycles. The third-order valence-corrected chi connectivity index (χ3v) is 3.34. The molecule has 2 rings (SSSR count). The minimum absolute atomic E-state index is 0.905. The first-order valence-electron chi connectivity index (χ1n) is 5.89. The van der Waals surface area contributed by atoms with Crippen molar-refractivity contribution >= 4 is 15.9 Å². The number of halogens is 1. The van der Waals surface area contributed by atoms with Crippen LogP contribution in [-0.2, 0) is 19.6 Å². The van der Waals surface area contributed by atoms with Crippen LogP contribution >= 0.6 is 15.9 Å². The Kier molecular flexibility index (Phi) is 4.40. The fraction of sp³-hybridized carbons (Fsp3) is 0.286. The fourth-order valence-electron chi connectivity index (χ4n) is 1.86. The SMILES string of the molecule is CCn1cccc1CNCc1ccc(Br)cc1. The molecule has 0 amide bonds. The van der Waals surface area contributed by atoms with E-state index in [2.05, 4.69) is 75.3 Å². The van der Waals surface area contributed by atoms with E-state index in [1.807, 2.05) is 0 Å². The summed E-state index contributed by atoms with van der Waals surface area (Å²) in [6.45, 7) is 5.01. The van der Waals surface area contributed by atoms with Crippen molar-refractivity contribution in [3.8, 4) is 0 Å². The van der Waals surface area contributed by atoms with E-state index < -0.39 is 0 Å². The van der Waals surface area contributed by atoms with Crippen LogP contribution in [0.2, 0.25) is 0 Å². The number of nitrogens with zero attached hydrogens (tertiary/aromatic N) is 1. The number of hydrogen-bond donors (Lipinski definition) is 1. The summed E-state index contributed by atoms with van der Waals surface area (Å²) >= 11 is 3.44. The Balaban J connectivity index is 1.85. The van der Waals surface area contributed by atoms with Crippen LogP contribution < -0.4 is 5.32 Å². The molecule has 0 saturated heterocycles. The molecule has 0 spiro atoms. The van der Waals surface area contributed by atoms with Crippen molar-refractivity contribution in [2.45, 2.75) is 26.6 Å². The second-order valence-corrected chi connectivity index (χ2v) is 4.93. The van der Waals surface area contributed by atoms with Crippen molar-refractivity contribution in [3.63, 3.8) is 0 Å². The van der Waals surface area contributed by atoms with Gasteiger partial charge in [-0.05, 0) is 36.8 Å². The lowest BCUT2D eigenvalue weighted by atomic mass is 10.2. The summed E-state index contributed by atoms with van der Waals surface area (Å²) in [6, 6.07) is 12.7. The first kappa shape index (κ1) is 12.4. The number of hydrogen-bond acceptors (Lipinski definition) is 1. The van der Waals surface area contributed by atoms with Crippen molar-refractivity contribution in [1.29, 1.82) is 0 Å². The van der Waals surface area contributed by atoms with Crippen LogP contribution in [0.15, 0.2) is 47.1 Å². The van der Waals surface area contributed by atoms with E-state index in [1.165, 1.54) is 11.3 Å². The lowest BCUT2D eigenvalue weighted by Crippen LogP contribution is -2.15. The first-order valence-corrected chi connectivity index (χ1v) is 6.68. The van der Waals surface area contributed by atoms with Gasteiger partial charge in [0.05, 0.1) is 0 Å². The Bertz CT molecular complexity index is 459. The van der Waals surface area contributed by atoms with Crippen LogP contribution in [0, 0.1) is 0 Å². The number of aryl methyl sites for hydroxylation is 1. The highest BCUT2D eigenvalue weighted by Gasteiger charge is 1.98. The van der Waals surface area contributed by atoms with Gasteiger partial charge in [-0.15, -0.1) is 0 Å². The van der Waals surface area contributed by atoms with E-state index in [-0.39, 0.29) is 0 Å². The molecule has 3 heteroatoms. The molecule has 1 aromatic heterocycles. The third-order valence-electron chi connectivity index (χ3n) is 2.81. The van der Waals surface area contributed by atoms with Gasteiger partial charge in [0, 0.05) is 36.0 Å². The number of nitrogens with one attached hydrogen (secondary N) is 1. The molecule has 0 fully saturated rings. The highest BCUT2D eigenvalue weighted by atomic mass is 79.9. The van der Waals surface area contributed by atoms with Gasteiger partial charge in [-0.3, -0.25) is 0 Å². The molecule has 0 atom stereocenters. The van der Waals surface area contributed by atoms with Crippen LogP contribution in [0.1, 0.15) is 18.2 Å². The van der Waals surface area contributed by atoms with Crippen molar-refractivity contribution in [2.75, 3.05) is 0 Å². The number of benzene rings is 1. The number of rotatable bonds is 5. The van der Waals surface area contributed by atoms with E-state index in [9.17, 15) is 0 Å². The minimum Gasteiger partial charge on any atom is -0.351 e. The zero-order valence-electron chi connectivity index (χ0n) is 9.99. The summed E-state index contributed by atoms with van der Waals surface area (Å²) in [7, 11) is 0. The Hall–Kier alpha value is -1.06. The molecular weight excluding hydrogens is 276 g/mol. The first-order chi connectivity index (χ1) is 8.29. The maximum atomic E-state index is 3.46. The van der Waals surface area contributed by atoms with Gasteiger partial charge in [-0.25, -0.2) is 0 Å². The van der Waals surface area contributed by atoms with Crippen molar-refractivity contribution in [1.82, 2.24) is 9.88 Å². The molecule has 0 aliphatic heterocycles. The lowest BCUT2D eigenvalue weighted by molar-refractivity contribution is 0.629. The molecule has 2 aromatic rings. The molecule has 2 nitrogen and oxygen atoms in total. The highest BCUT2D eigenvalue weighted by molar-refractivity contribution is 9.10. The Morgan fingerprint density at radius 3 is 2.59 bits per heavy atom. The molecule has 0 bridgehead atoms. The number of aromatic nitrogens is 1. The minimum atomic E-state index is 0.905. The van der Waals surface area contributed by atoms with Crippen LogP contribution in [0.3, 0.4) is 0 Å². The molecule has 0 radical (unpaired) electrons. The standard InChI is InChI=1S/C14H17BrN2/c1-2-17-9-3-4-14(17)11-16-10-12-5-7-13(15)8-6-12/h3-9,16H,2,10-11H2,1H3. The van der Waals surface area contributed by atoms with Crippen LogP contribution in [0.4, 0.5) is 0 Å². The molecule has 90 valence electrons. The lowest BCUT2D eigenvalue weighted by Gasteiger charge is -2.08. The molecular formula is C14H17BrN2. The predicted molar refractivity (Wildman–Crippen MR) is 74.8 cm³/mol. The third kappa shape index (κ3) is 3.45. The maximum absolute atomic E-state index is 3.46. The predicted octanol–water partition coefficient (Wildman–Crippen LogP) is 3.56. The summed E-state index contributed by atoms with van der Waals surface area (Å²) in [5.74, 6) is 0. The second kappa shape index (κ2) is 6.03. The van der Waals surface area contributed by atoms with Gasteiger partial charge in [0.25, 0.3) is 0 Å². The van der Waals surface area contributed by atoms with E-state index >= 15 is 0 Å². The highest BCUT2D eigenvalue weighted by Crippen LogP contribution is 2.10. The fourth-order valence-corrected chi connectivity index (χ4v) is 2.12. The summed E-state index contributed by atoms with van der Waals surface area (Å²) in [4.78, 5) is 0. The van der Waals surface area contributed by atoms with E-state index in [1.54, 1.807) is 0 Å². The molecule has 1 heterocycles. The Labute approximate surface area is 111 Å². The van der Waals surface area contributed by atoms with Gasteiger partial charge < -0.3 is 9.88 Å². The summed E-state index contributed by atoms with van der Waals surface area (Å²) in [5, 5.41) is 3.46. The van der Waals surface area contributed by atoms with E-state index in [0.29, 0.717) is 0 Å². The molecule has 1 N–H and O–H groups in total. The topological polar surface area (TPSA) is 17.0 Å². The average molecular weight is 293 g/mol. The zero-order chi connectivity index (χ0) is 12.1.